The SMILES string of the molecule is CCNC(=NCc1ccon1)NCCCc1ccccc1.I. The van der Waals surface area contributed by atoms with E-state index in [4.69, 9.17) is 4.52 Å². The van der Waals surface area contributed by atoms with Crippen LogP contribution in [0.25, 0.3) is 0 Å². The highest BCUT2D eigenvalue weighted by Crippen LogP contribution is 2.01. The van der Waals surface area contributed by atoms with Crippen molar-refractivity contribution in [1.82, 2.24) is 15.8 Å². The number of hydrogen-bond donors (Lipinski definition) is 2. The van der Waals surface area contributed by atoms with Crippen molar-refractivity contribution < 1.29 is 4.52 Å². The zero-order valence-electron chi connectivity index (χ0n) is 12.8. The number of halogens is 1. The van der Waals surface area contributed by atoms with E-state index >= 15 is 0 Å². The van der Waals surface area contributed by atoms with Crippen molar-refractivity contribution in [1.29, 1.82) is 0 Å². The van der Waals surface area contributed by atoms with Gasteiger partial charge in [0.25, 0.3) is 0 Å². The molecule has 6 heteroatoms. The van der Waals surface area contributed by atoms with Gasteiger partial charge in [0.2, 0.25) is 0 Å². The number of rotatable bonds is 7. The van der Waals surface area contributed by atoms with Gasteiger partial charge in [0.15, 0.2) is 5.96 Å². The number of benzene rings is 1. The largest absolute Gasteiger partial charge is 0.364 e. The highest BCUT2D eigenvalue weighted by atomic mass is 127. The van der Waals surface area contributed by atoms with E-state index in [2.05, 4.69) is 52.0 Å². The summed E-state index contributed by atoms with van der Waals surface area (Å²) in [5.74, 6) is 0.813. The molecule has 0 aliphatic heterocycles. The molecule has 0 amide bonds. The van der Waals surface area contributed by atoms with Crippen molar-refractivity contribution in [3.8, 4) is 0 Å². The van der Waals surface area contributed by atoms with E-state index in [0.717, 1.165) is 37.6 Å². The van der Waals surface area contributed by atoms with E-state index in [1.165, 1.54) is 5.56 Å². The minimum Gasteiger partial charge on any atom is -0.364 e. The third-order valence-electron chi connectivity index (χ3n) is 3.01. The second-order valence-electron chi connectivity index (χ2n) is 4.70. The van der Waals surface area contributed by atoms with Gasteiger partial charge in [0, 0.05) is 19.2 Å². The van der Waals surface area contributed by atoms with Gasteiger partial charge >= 0.3 is 0 Å². The molecular formula is C16H23IN4O. The molecule has 0 radical (unpaired) electrons. The summed E-state index contributed by atoms with van der Waals surface area (Å²) in [4.78, 5) is 4.47. The summed E-state index contributed by atoms with van der Waals surface area (Å²) in [6.07, 6.45) is 3.69. The lowest BCUT2D eigenvalue weighted by Crippen LogP contribution is -2.37. The minimum atomic E-state index is 0. The molecular weight excluding hydrogens is 391 g/mol. The summed E-state index contributed by atoms with van der Waals surface area (Å²) >= 11 is 0. The molecule has 120 valence electrons. The quantitative estimate of drug-likeness (QED) is 0.317. The average Bonchev–Trinajstić information content (AvgIpc) is 3.03. The van der Waals surface area contributed by atoms with Crippen LogP contribution in [0.2, 0.25) is 0 Å². The highest BCUT2D eigenvalue weighted by molar-refractivity contribution is 14.0. The number of aromatic nitrogens is 1. The third kappa shape index (κ3) is 6.93. The van der Waals surface area contributed by atoms with E-state index in [9.17, 15) is 0 Å². The molecule has 0 saturated carbocycles. The topological polar surface area (TPSA) is 62.5 Å². The van der Waals surface area contributed by atoms with E-state index in [1.807, 2.05) is 12.1 Å². The van der Waals surface area contributed by atoms with Crippen LogP contribution < -0.4 is 10.6 Å². The molecule has 0 bridgehead atoms. The molecule has 2 rings (SSSR count). The number of guanidine groups is 1. The standard InChI is InChI=1S/C16H22N4O.HI/c1-2-17-16(19-13-15-10-12-21-20-15)18-11-6-9-14-7-4-3-5-8-14;/h3-5,7-8,10,12H,2,6,9,11,13H2,1H3,(H2,17,18,19);1H. The molecule has 2 aromatic rings. The fourth-order valence-corrected chi connectivity index (χ4v) is 1.96. The Hall–Kier alpha value is -1.57. The van der Waals surface area contributed by atoms with Gasteiger partial charge in [0.05, 0.1) is 6.54 Å². The van der Waals surface area contributed by atoms with Crippen LogP contribution in [-0.4, -0.2) is 24.2 Å². The molecule has 0 fully saturated rings. The molecule has 0 saturated heterocycles. The summed E-state index contributed by atoms with van der Waals surface area (Å²) in [5.41, 5.74) is 2.19. The number of aryl methyl sites for hydroxylation is 1. The van der Waals surface area contributed by atoms with Crippen LogP contribution in [-0.2, 0) is 13.0 Å². The zero-order chi connectivity index (χ0) is 14.8. The van der Waals surface area contributed by atoms with Crippen molar-refractivity contribution >= 4 is 29.9 Å². The Labute approximate surface area is 148 Å². The molecule has 0 spiro atoms. The van der Waals surface area contributed by atoms with Crippen LogP contribution in [0.5, 0.6) is 0 Å². The smallest absolute Gasteiger partial charge is 0.191 e. The average molecular weight is 414 g/mol. The Bertz CT molecular complexity index is 528. The molecule has 1 aromatic carbocycles. The lowest BCUT2D eigenvalue weighted by atomic mass is 10.1. The Morgan fingerprint density at radius 3 is 2.68 bits per heavy atom. The van der Waals surface area contributed by atoms with Gasteiger partial charge in [-0.3, -0.25) is 0 Å². The van der Waals surface area contributed by atoms with Crippen LogP contribution in [0.3, 0.4) is 0 Å². The minimum absolute atomic E-state index is 0. The Morgan fingerprint density at radius 2 is 2.00 bits per heavy atom. The van der Waals surface area contributed by atoms with E-state index in [0.29, 0.717) is 6.54 Å². The number of nitrogens with zero attached hydrogens (tertiary/aromatic N) is 2. The van der Waals surface area contributed by atoms with E-state index in [-0.39, 0.29) is 24.0 Å². The van der Waals surface area contributed by atoms with Crippen LogP contribution in [0.15, 0.2) is 52.2 Å². The first-order valence-corrected chi connectivity index (χ1v) is 7.34. The Morgan fingerprint density at radius 1 is 1.18 bits per heavy atom. The van der Waals surface area contributed by atoms with Gasteiger partial charge in [-0.25, -0.2) is 4.99 Å². The Kier molecular flexibility index (Phi) is 9.29. The van der Waals surface area contributed by atoms with Gasteiger partial charge in [-0.1, -0.05) is 35.5 Å². The van der Waals surface area contributed by atoms with Crippen molar-refractivity contribution in [2.24, 2.45) is 4.99 Å². The summed E-state index contributed by atoms with van der Waals surface area (Å²) in [7, 11) is 0. The zero-order valence-corrected chi connectivity index (χ0v) is 15.1. The summed E-state index contributed by atoms with van der Waals surface area (Å²) in [6, 6.07) is 12.3. The number of aliphatic imine (C=N–C) groups is 1. The van der Waals surface area contributed by atoms with Gasteiger partial charge in [0.1, 0.15) is 12.0 Å². The molecule has 1 heterocycles. The summed E-state index contributed by atoms with van der Waals surface area (Å²) in [6.45, 7) is 4.30. The van der Waals surface area contributed by atoms with Crippen LogP contribution in [0, 0.1) is 0 Å². The van der Waals surface area contributed by atoms with Gasteiger partial charge in [-0.05, 0) is 25.3 Å². The molecule has 0 aliphatic rings. The first kappa shape index (κ1) is 18.5. The maximum atomic E-state index is 4.79. The second kappa shape index (κ2) is 11.1. The summed E-state index contributed by atoms with van der Waals surface area (Å²) in [5, 5.41) is 10.4. The lowest BCUT2D eigenvalue weighted by Gasteiger charge is -2.10. The van der Waals surface area contributed by atoms with Crippen molar-refractivity contribution in [3.05, 3.63) is 53.9 Å². The van der Waals surface area contributed by atoms with Crippen molar-refractivity contribution in [2.75, 3.05) is 13.1 Å². The molecule has 5 nitrogen and oxygen atoms in total. The fraction of sp³-hybridized carbons (Fsp3) is 0.375. The molecule has 0 atom stereocenters. The summed E-state index contributed by atoms with van der Waals surface area (Å²) < 4.78 is 4.79. The molecule has 1 aromatic heterocycles. The van der Waals surface area contributed by atoms with Gasteiger partial charge in [-0.2, -0.15) is 0 Å². The second-order valence-corrected chi connectivity index (χ2v) is 4.70. The maximum absolute atomic E-state index is 4.79. The predicted octanol–water partition coefficient (Wildman–Crippen LogP) is 2.98. The van der Waals surface area contributed by atoms with Gasteiger partial charge < -0.3 is 15.2 Å². The number of nitrogens with one attached hydrogen (secondary N) is 2. The van der Waals surface area contributed by atoms with Crippen LogP contribution in [0.4, 0.5) is 0 Å². The fourth-order valence-electron chi connectivity index (χ4n) is 1.96. The van der Waals surface area contributed by atoms with Crippen molar-refractivity contribution in [3.63, 3.8) is 0 Å². The monoisotopic (exact) mass is 414 g/mol. The van der Waals surface area contributed by atoms with Crippen LogP contribution in [0.1, 0.15) is 24.6 Å². The van der Waals surface area contributed by atoms with E-state index < -0.39 is 0 Å². The Balaban J connectivity index is 0.00000242. The predicted molar refractivity (Wildman–Crippen MR) is 99.5 cm³/mol. The first-order chi connectivity index (χ1) is 10.4. The first-order valence-electron chi connectivity index (χ1n) is 7.34. The molecule has 2 N–H and O–H groups in total. The van der Waals surface area contributed by atoms with Crippen molar-refractivity contribution in [2.45, 2.75) is 26.3 Å². The van der Waals surface area contributed by atoms with E-state index in [1.54, 1.807) is 6.26 Å². The van der Waals surface area contributed by atoms with Gasteiger partial charge in [-0.15, -0.1) is 24.0 Å². The van der Waals surface area contributed by atoms with Crippen LogP contribution >= 0.6 is 24.0 Å². The molecule has 0 unspecified atom stereocenters. The highest BCUT2D eigenvalue weighted by Gasteiger charge is 1.99. The maximum Gasteiger partial charge on any atom is 0.191 e. The molecule has 22 heavy (non-hydrogen) atoms. The third-order valence-corrected chi connectivity index (χ3v) is 3.01. The molecule has 0 aliphatic carbocycles. The number of hydrogen-bond acceptors (Lipinski definition) is 3. The lowest BCUT2D eigenvalue weighted by molar-refractivity contribution is 0.412. The normalized spacial score (nSPS) is 10.9.